The Kier molecular flexibility index (Phi) is 45.9. The molecule has 1 aliphatic heterocycles. The molecule has 1 rings (SSSR count). The van der Waals surface area contributed by atoms with E-state index in [2.05, 4.69) is 69.4 Å². The first-order valence-electron chi connectivity index (χ1n) is 29.6. The van der Waals surface area contributed by atoms with Gasteiger partial charge in [-0.25, -0.2) is 4.79 Å². The molecule has 1 heterocycles. The summed E-state index contributed by atoms with van der Waals surface area (Å²) in [5.74, 6) is -3.15. The van der Waals surface area contributed by atoms with Crippen molar-refractivity contribution in [2.45, 2.75) is 302 Å². The number of aliphatic hydroxyl groups excluding tert-OH is 2. The molecule has 0 amide bonds. The first-order valence-corrected chi connectivity index (χ1v) is 29.6. The maximum absolute atomic E-state index is 13.1. The van der Waals surface area contributed by atoms with Gasteiger partial charge in [0.1, 0.15) is 18.8 Å². The monoisotopic (exact) mass is 1030 g/mol. The van der Waals surface area contributed by atoms with Crippen LogP contribution in [-0.4, -0.2) is 89.2 Å². The summed E-state index contributed by atoms with van der Waals surface area (Å²) >= 11 is 0. The van der Waals surface area contributed by atoms with E-state index in [1.807, 2.05) is 0 Å². The number of hydrogen-bond acceptors (Lipinski definition) is 11. The van der Waals surface area contributed by atoms with Crippen LogP contribution in [0.3, 0.4) is 0 Å². The number of carboxylic acid groups (broad SMARTS) is 1. The molecule has 3 N–H and O–H groups in total. The summed E-state index contributed by atoms with van der Waals surface area (Å²) < 4.78 is 28.4. The summed E-state index contributed by atoms with van der Waals surface area (Å²) in [5, 5.41) is 31.5. The van der Waals surface area contributed by atoms with Crippen LogP contribution in [-0.2, 0) is 42.9 Å². The molecule has 0 aromatic heterocycles. The van der Waals surface area contributed by atoms with Crippen LogP contribution in [0.4, 0.5) is 0 Å². The van der Waals surface area contributed by atoms with E-state index in [9.17, 15) is 34.5 Å². The molecule has 12 heteroatoms. The second-order valence-corrected chi connectivity index (χ2v) is 20.3. The Labute approximate surface area is 443 Å². The summed E-state index contributed by atoms with van der Waals surface area (Å²) in [7, 11) is 0. The fourth-order valence-electron chi connectivity index (χ4n) is 8.85. The number of unbranched alkanes of at least 4 members (excludes halogenated alkanes) is 28. The maximum Gasteiger partial charge on any atom is 0.335 e. The van der Waals surface area contributed by atoms with Gasteiger partial charge in [0.05, 0.1) is 6.61 Å². The maximum atomic E-state index is 13.1. The highest BCUT2D eigenvalue weighted by Gasteiger charge is 2.50. The number of rotatable bonds is 50. The van der Waals surface area contributed by atoms with Gasteiger partial charge in [-0.2, -0.15) is 0 Å². The third kappa shape index (κ3) is 39.7. The van der Waals surface area contributed by atoms with E-state index in [1.54, 1.807) is 0 Å². The Hall–Kier alpha value is -3.32. The lowest BCUT2D eigenvalue weighted by atomic mass is 9.98. The van der Waals surface area contributed by atoms with Crippen LogP contribution in [0.1, 0.15) is 265 Å². The summed E-state index contributed by atoms with van der Waals surface area (Å²) in [5.41, 5.74) is 0. The van der Waals surface area contributed by atoms with Gasteiger partial charge in [0, 0.05) is 19.3 Å². The van der Waals surface area contributed by atoms with Crippen LogP contribution >= 0.6 is 0 Å². The van der Waals surface area contributed by atoms with Crippen molar-refractivity contribution in [3.8, 4) is 0 Å². The Morgan fingerprint density at radius 3 is 1.34 bits per heavy atom. The van der Waals surface area contributed by atoms with Crippen LogP contribution in [0.5, 0.6) is 0 Å². The average molecular weight is 1030 g/mol. The first kappa shape index (κ1) is 67.7. The van der Waals surface area contributed by atoms with Gasteiger partial charge in [-0.3, -0.25) is 14.4 Å². The molecule has 422 valence electrons. The molecule has 73 heavy (non-hydrogen) atoms. The topological polar surface area (TPSA) is 175 Å². The van der Waals surface area contributed by atoms with Crippen molar-refractivity contribution in [3.05, 3.63) is 48.6 Å². The van der Waals surface area contributed by atoms with Crippen LogP contribution in [0.2, 0.25) is 0 Å². The largest absolute Gasteiger partial charge is 0.479 e. The third-order valence-corrected chi connectivity index (χ3v) is 13.4. The normalized spacial score (nSPS) is 18.6. The van der Waals surface area contributed by atoms with Crippen LogP contribution < -0.4 is 0 Å². The predicted molar refractivity (Wildman–Crippen MR) is 294 cm³/mol. The van der Waals surface area contributed by atoms with Gasteiger partial charge in [-0.15, -0.1) is 0 Å². The number of aliphatic hydroxyl groups is 2. The molecule has 6 unspecified atom stereocenters. The van der Waals surface area contributed by atoms with Crippen LogP contribution in [0, 0.1) is 0 Å². The minimum Gasteiger partial charge on any atom is -0.479 e. The number of ether oxygens (including phenoxy) is 5. The van der Waals surface area contributed by atoms with Crippen LogP contribution in [0.15, 0.2) is 48.6 Å². The van der Waals surface area contributed by atoms with Crippen molar-refractivity contribution in [2.75, 3.05) is 13.2 Å². The van der Waals surface area contributed by atoms with Crippen LogP contribution in [0.25, 0.3) is 0 Å². The van der Waals surface area contributed by atoms with E-state index in [-0.39, 0.29) is 25.9 Å². The van der Waals surface area contributed by atoms with Gasteiger partial charge in [0.25, 0.3) is 0 Å². The molecule has 0 aliphatic carbocycles. The number of carboxylic acids is 1. The van der Waals surface area contributed by atoms with E-state index < -0.39 is 67.3 Å². The van der Waals surface area contributed by atoms with Crippen molar-refractivity contribution in [2.24, 2.45) is 0 Å². The summed E-state index contributed by atoms with van der Waals surface area (Å²) in [6, 6.07) is 0. The summed E-state index contributed by atoms with van der Waals surface area (Å²) in [4.78, 5) is 51.1. The van der Waals surface area contributed by atoms with Crippen molar-refractivity contribution in [3.63, 3.8) is 0 Å². The third-order valence-electron chi connectivity index (χ3n) is 13.4. The molecule has 0 bridgehead atoms. The number of aliphatic carboxylic acids is 1. The van der Waals surface area contributed by atoms with Gasteiger partial charge in [-0.05, 0) is 77.0 Å². The lowest BCUT2D eigenvalue weighted by Crippen LogP contribution is -2.61. The van der Waals surface area contributed by atoms with Crippen molar-refractivity contribution in [1.82, 2.24) is 0 Å². The molecule has 1 aliphatic rings. The van der Waals surface area contributed by atoms with Gasteiger partial charge in [-0.1, -0.05) is 217 Å². The van der Waals surface area contributed by atoms with Gasteiger partial charge >= 0.3 is 23.9 Å². The number of carbonyl (C=O) groups excluding carboxylic acids is 3. The quantitative estimate of drug-likeness (QED) is 0.0228. The van der Waals surface area contributed by atoms with Gasteiger partial charge in [0.15, 0.2) is 24.6 Å². The van der Waals surface area contributed by atoms with Crippen molar-refractivity contribution >= 4 is 23.9 Å². The zero-order valence-electron chi connectivity index (χ0n) is 46.4. The number of hydrogen-bond donors (Lipinski definition) is 3. The molecule has 1 saturated heterocycles. The zero-order valence-corrected chi connectivity index (χ0v) is 46.4. The highest BCUT2D eigenvalue weighted by Crippen LogP contribution is 2.26. The Morgan fingerprint density at radius 2 is 0.863 bits per heavy atom. The molecule has 0 radical (unpaired) electrons. The number of allylic oxidation sites excluding steroid dienone is 8. The first-order chi connectivity index (χ1) is 35.6. The number of esters is 3. The zero-order chi connectivity index (χ0) is 53.3. The van der Waals surface area contributed by atoms with Crippen molar-refractivity contribution in [1.29, 1.82) is 0 Å². The average Bonchev–Trinajstić information content (AvgIpc) is 3.37. The molecule has 1 fully saturated rings. The summed E-state index contributed by atoms with van der Waals surface area (Å²) in [6.07, 6.45) is 46.6. The fourth-order valence-corrected chi connectivity index (χ4v) is 8.85. The lowest BCUT2D eigenvalue weighted by molar-refractivity contribution is -0.301. The number of carbonyl (C=O) groups is 4. The Balaban J connectivity index is 2.70. The highest BCUT2D eigenvalue weighted by molar-refractivity contribution is 5.74. The minimum absolute atomic E-state index is 0.0485. The highest BCUT2D eigenvalue weighted by atomic mass is 16.7. The van der Waals surface area contributed by atoms with E-state index >= 15 is 0 Å². The van der Waals surface area contributed by atoms with E-state index in [4.69, 9.17) is 23.7 Å². The Bertz CT molecular complexity index is 1460. The minimum atomic E-state index is -1.91. The molecular formula is C61H106O12. The fraction of sp³-hybridized carbons (Fsp3) is 0.803. The molecule has 0 aromatic rings. The smallest absolute Gasteiger partial charge is 0.335 e. The Morgan fingerprint density at radius 1 is 0.466 bits per heavy atom. The molecule has 6 atom stereocenters. The van der Waals surface area contributed by atoms with Gasteiger partial charge in [0.2, 0.25) is 0 Å². The predicted octanol–water partition coefficient (Wildman–Crippen LogP) is 15.0. The van der Waals surface area contributed by atoms with Gasteiger partial charge < -0.3 is 39.0 Å². The standard InChI is InChI=1S/C61H106O12/c1-4-7-10-13-16-19-22-25-27-30-32-35-38-41-44-47-53(62)69-50-52(71-54(63)48-45-42-39-36-33-29-24-21-18-15-12-9-6-3)51-70-61-59(57(66)56(65)58(73-61)60(67)68)72-55(64)49-46-43-40-37-34-31-28-26-23-20-17-14-11-8-5-2/h9,12,18,21,26,28-29,33,52,56-59,61,65-66H,4-8,10-11,13-17,19-20,22-25,27,30-32,34-51H2,1-3H3,(H,67,68)/b12-9-,21-18-,28-26-,33-29-. The van der Waals surface area contributed by atoms with E-state index in [0.717, 1.165) is 96.3 Å². The van der Waals surface area contributed by atoms with E-state index in [1.165, 1.54) is 109 Å². The molecule has 0 aromatic carbocycles. The van der Waals surface area contributed by atoms with Crippen molar-refractivity contribution < 1.29 is 58.2 Å². The SMILES string of the molecule is CC/C=C\C/C=C\C/C=C\CCCCCC(=O)OC(COC(=O)CCCCCCCCCCCCCCCCC)COC1OC(C(=O)O)C(O)C(O)C1OC(=O)CCCCCCC/C=C\CCCCCCCC. The second-order valence-electron chi connectivity index (χ2n) is 20.3. The second kappa shape index (κ2) is 49.6. The molecule has 0 saturated carbocycles. The summed E-state index contributed by atoms with van der Waals surface area (Å²) in [6.45, 7) is 5.86. The lowest BCUT2D eigenvalue weighted by Gasteiger charge is -2.40. The molecular weight excluding hydrogens is 925 g/mol. The van der Waals surface area contributed by atoms with E-state index in [0.29, 0.717) is 19.3 Å². The molecule has 0 spiro atoms. The molecule has 12 nitrogen and oxygen atoms in total.